The zero-order valence-corrected chi connectivity index (χ0v) is 15.6. The normalized spacial score (nSPS) is 12.5. The monoisotopic (exact) mass is 449 g/mol. The smallest absolute Gasteiger partial charge is 0.433 e. The zero-order valence-electron chi connectivity index (χ0n) is 15.6. The number of anilines is 1. The van der Waals surface area contributed by atoms with Gasteiger partial charge in [-0.3, -0.25) is 0 Å². The summed E-state index contributed by atoms with van der Waals surface area (Å²) in [7, 11) is 0. The van der Waals surface area contributed by atoms with Crippen molar-refractivity contribution in [2.75, 3.05) is 5.73 Å². The van der Waals surface area contributed by atoms with E-state index < -0.39 is 35.8 Å². The van der Waals surface area contributed by atoms with Crippen LogP contribution in [-0.4, -0.2) is 19.9 Å². The number of rotatable bonds is 3. The molecule has 0 aliphatic carbocycles. The largest absolute Gasteiger partial charge is 0.468 e. The summed E-state index contributed by atoms with van der Waals surface area (Å²) in [6, 6.07) is 7.54. The van der Waals surface area contributed by atoms with Crippen LogP contribution in [0.25, 0.3) is 0 Å². The molecule has 0 amide bonds. The Kier molecular flexibility index (Phi) is 7.31. The Balaban J connectivity index is 0.000000262. The van der Waals surface area contributed by atoms with Gasteiger partial charge in [0.15, 0.2) is 0 Å². The number of alkyl halides is 6. The minimum Gasteiger partial charge on any atom is -0.468 e. The molecule has 2 N–H and O–H groups in total. The van der Waals surface area contributed by atoms with Crippen LogP contribution in [0.2, 0.25) is 0 Å². The van der Waals surface area contributed by atoms with E-state index in [1.165, 1.54) is 18.3 Å². The standard InChI is InChI=1S/C12H11F3N4O.C6H3F4N/c1-7(8-5-6-17-11(16)18-8)20-10-4-2-3-9(19-10)12(13,14)15;7-5-3-1-2-4(11-5)6(8,9)10/h2-7H,1H3,(H2,16,17,18);1-3H/t7-;/m1./s1. The summed E-state index contributed by atoms with van der Waals surface area (Å²) in [6.45, 7) is 1.63. The summed E-state index contributed by atoms with van der Waals surface area (Å²) in [5.41, 5.74) is 3.66. The predicted octanol–water partition coefficient (Wildman–Crippen LogP) is 4.85. The first-order valence-electron chi connectivity index (χ1n) is 8.35. The predicted molar refractivity (Wildman–Crippen MR) is 93.9 cm³/mol. The van der Waals surface area contributed by atoms with Crippen molar-refractivity contribution in [2.45, 2.75) is 25.4 Å². The molecule has 0 fully saturated rings. The number of halogens is 7. The molecule has 3 aromatic rings. The van der Waals surface area contributed by atoms with E-state index in [4.69, 9.17) is 10.5 Å². The second-order valence-corrected chi connectivity index (χ2v) is 5.80. The van der Waals surface area contributed by atoms with Gasteiger partial charge in [0.05, 0.1) is 5.69 Å². The maximum absolute atomic E-state index is 12.5. The van der Waals surface area contributed by atoms with Gasteiger partial charge in [0.25, 0.3) is 0 Å². The summed E-state index contributed by atoms with van der Waals surface area (Å²) < 4.78 is 90.2. The van der Waals surface area contributed by atoms with Gasteiger partial charge >= 0.3 is 12.4 Å². The van der Waals surface area contributed by atoms with E-state index in [-0.39, 0.29) is 11.8 Å². The van der Waals surface area contributed by atoms with E-state index in [0.717, 1.165) is 18.2 Å². The maximum Gasteiger partial charge on any atom is 0.433 e. The zero-order chi connectivity index (χ0) is 23.2. The average Bonchev–Trinajstić information content (AvgIpc) is 2.67. The lowest BCUT2D eigenvalue weighted by atomic mass is 10.3. The number of aromatic nitrogens is 4. The van der Waals surface area contributed by atoms with Gasteiger partial charge < -0.3 is 10.5 Å². The van der Waals surface area contributed by atoms with Gasteiger partial charge in [-0.2, -0.15) is 30.7 Å². The van der Waals surface area contributed by atoms with Gasteiger partial charge in [0, 0.05) is 12.3 Å². The van der Waals surface area contributed by atoms with Crippen molar-refractivity contribution in [3.63, 3.8) is 0 Å². The molecule has 0 saturated heterocycles. The minimum atomic E-state index is -4.57. The Hall–Kier alpha value is -3.51. The van der Waals surface area contributed by atoms with Gasteiger partial charge in [-0.05, 0) is 31.2 Å². The fraction of sp³-hybridized carbons (Fsp3) is 0.222. The molecule has 166 valence electrons. The van der Waals surface area contributed by atoms with Crippen molar-refractivity contribution in [2.24, 2.45) is 0 Å². The fourth-order valence-electron chi connectivity index (χ4n) is 2.06. The highest BCUT2D eigenvalue weighted by atomic mass is 19.4. The van der Waals surface area contributed by atoms with E-state index in [1.54, 1.807) is 13.0 Å². The van der Waals surface area contributed by atoms with Gasteiger partial charge in [0.1, 0.15) is 17.5 Å². The molecule has 6 nitrogen and oxygen atoms in total. The minimum absolute atomic E-state index is 0.0648. The Morgan fingerprint density at radius 3 is 1.94 bits per heavy atom. The Morgan fingerprint density at radius 1 is 0.839 bits per heavy atom. The van der Waals surface area contributed by atoms with Gasteiger partial charge in [0.2, 0.25) is 17.8 Å². The van der Waals surface area contributed by atoms with E-state index >= 15 is 0 Å². The maximum atomic E-state index is 12.5. The molecule has 1 atom stereocenters. The molecular weight excluding hydrogens is 435 g/mol. The van der Waals surface area contributed by atoms with Crippen molar-refractivity contribution < 1.29 is 35.5 Å². The SMILES string of the molecule is C[C@@H](Oc1cccc(C(F)(F)F)n1)c1ccnc(N)n1.Fc1cccc(C(F)(F)F)n1. The van der Waals surface area contributed by atoms with E-state index in [2.05, 4.69) is 19.9 Å². The third-order valence-corrected chi connectivity index (χ3v) is 3.43. The molecule has 13 heteroatoms. The topological polar surface area (TPSA) is 86.8 Å². The Labute approximate surface area is 171 Å². The highest BCUT2D eigenvalue weighted by molar-refractivity contribution is 5.21. The summed E-state index contributed by atoms with van der Waals surface area (Å²) in [4.78, 5) is 13.7. The quantitative estimate of drug-likeness (QED) is 0.454. The lowest BCUT2D eigenvalue weighted by Gasteiger charge is -2.14. The molecule has 0 aliphatic rings. The second-order valence-electron chi connectivity index (χ2n) is 5.80. The van der Waals surface area contributed by atoms with Gasteiger partial charge in [-0.1, -0.05) is 12.1 Å². The molecule has 0 aromatic carbocycles. The van der Waals surface area contributed by atoms with Crippen LogP contribution in [0, 0.1) is 5.95 Å². The number of pyridine rings is 2. The van der Waals surface area contributed by atoms with Crippen LogP contribution < -0.4 is 10.5 Å². The number of nitrogen functional groups attached to an aromatic ring is 1. The summed E-state index contributed by atoms with van der Waals surface area (Å²) in [5.74, 6) is -1.20. The molecule has 0 aliphatic heterocycles. The highest BCUT2D eigenvalue weighted by Crippen LogP contribution is 2.29. The van der Waals surface area contributed by atoms with Crippen molar-refractivity contribution in [1.29, 1.82) is 0 Å². The van der Waals surface area contributed by atoms with Gasteiger partial charge in [-0.25, -0.2) is 19.9 Å². The van der Waals surface area contributed by atoms with Crippen molar-refractivity contribution in [3.05, 3.63) is 71.7 Å². The van der Waals surface area contributed by atoms with Crippen LogP contribution in [0.4, 0.5) is 36.7 Å². The molecule has 0 bridgehead atoms. The number of hydrogen-bond donors (Lipinski definition) is 1. The van der Waals surface area contributed by atoms with Crippen LogP contribution in [0.15, 0.2) is 48.7 Å². The lowest BCUT2D eigenvalue weighted by Crippen LogP contribution is -2.11. The number of nitrogens with zero attached hydrogens (tertiary/aromatic N) is 4. The Bertz CT molecular complexity index is 1010. The van der Waals surface area contributed by atoms with Gasteiger partial charge in [-0.15, -0.1) is 0 Å². The summed E-state index contributed by atoms with van der Waals surface area (Å²) in [6.07, 6.45) is -8.24. The van der Waals surface area contributed by atoms with E-state index in [0.29, 0.717) is 11.8 Å². The molecule has 3 rings (SSSR count). The molecular formula is C18H14F7N5O. The summed E-state index contributed by atoms with van der Waals surface area (Å²) >= 11 is 0. The molecule has 3 heterocycles. The number of hydrogen-bond acceptors (Lipinski definition) is 6. The molecule has 0 saturated carbocycles. The molecule has 0 unspecified atom stereocenters. The molecule has 31 heavy (non-hydrogen) atoms. The lowest BCUT2D eigenvalue weighted by molar-refractivity contribution is -0.142. The van der Waals surface area contributed by atoms with E-state index in [9.17, 15) is 30.7 Å². The molecule has 0 radical (unpaired) electrons. The molecule has 0 spiro atoms. The first-order valence-corrected chi connectivity index (χ1v) is 8.35. The van der Waals surface area contributed by atoms with Crippen molar-refractivity contribution >= 4 is 5.95 Å². The van der Waals surface area contributed by atoms with Crippen LogP contribution in [-0.2, 0) is 12.4 Å². The first-order chi connectivity index (χ1) is 14.4. The van der Waals surface area contributed by atoms with Crippen LogP contribution in [0.1, 0.15) is 30.1 Å². The van der Waals surface area contributed by atoms with Crippen molar-refractivity contribution in [3.8, 4) is 5.88 Å². The molecule has 3 aromatic heterocycles. The third-order valence-electron chi connectivity index (χ3n) is 3.43. The number of nitrogens with two attached hydrogens (primary N) is 1. The van der Waals surface area contributed by atoms with Crippen LogP contribution >= 0.6 is 0 Å². The van der Waals surface area contributed by atoms with E-state index in [1.807, 2.05) is 0 Å². The summed E-state index contributed by atoms with van der Waals surface area (Å²) in [5, 5.41) is 0. The number of ether oxygens (including phenoxy) is 1. The highest BCUT2D eigenvalue weighted by Gasteiger charge is 2.33. The fourth-order valence-corrected chi connectivity index (χ4v) is 2.06. The van der Waals surface area contributed by atoms with Crippen LogP contribution in [0.5, 0.6) is 5.88 Å². The van der Waals surface area contributed by atoms with Crippen molar-refractivity contribution in [1.82, 2.24) is 19.9 Å². The van der Waals surface area contributed by atoms with Crippen LogP contribution in [0.3, 0.4) is 0 Å². The first kappa shape index (κ1) is 23.8. The third kappa shape index (κ3) is 7.35. The second kappa shape index (κ2) is 9.53. The average molecular weight is 449 g/mol. The Morgan fingerprint density at radius 2 is 1.42 bits per heavy atom.